The Morgan fingerprint density at radius 2 is 2.00 bits per heavy atom. The van der Waals surface area contributed by atoms with Crippen LogP contribution in [0.5, 0.6) is 5.75 Å². The first-order chi connectivity index (χ1) is 9.67. The van der Waals surface area contributed by atoms with Gasteiger partial charge in [0.1, 0.15) is 11.8 Å². The van der Waals surface area contributed by atoms with Gasteiger partial charge in [0.05, 0.1) is 13.2 Å². The molecule has 1 aromatic rings. The summed E-state index contributed by atoms with van der Waals surface area (Å²) in [6.45, 7) is 2.19. The third-order valence-electron chi connectivity index (χ3n) is 4.23. The lowest BCUT2D eigenvalue weighted by Crippen LogP contribution is -2.43. The molecule has 0 spiro atoms. The highest BCUT2D eigenvalue weighted by molar-refractivity contribution is 5.38. The number of likely N-dealkylation sites (tertiary alicyclic amines) is 1. The van der Waals surface area contributed by atoms with Crippen molar-refractivity contribution in [3.63, 3.8) is 0 Å². The van der Waals surface area contributed by atoms with E-state index in [0.717, 1.165) is 37.2 Å². The molecular formula is C16H23N3O. The van der Waals surface area contributed by atoms with E-state index in [2.05, 4.69) is 30.0 Å². The molecule has 2 rings (SSSR count). The molecule has 1 heterocycles. The van der Waals surface area contributed by atoms with Crippen LogP contribution >= 0.6 is 0 Å². The van der Waals surface area contributed by atoms with E-state index in [4.69, 9.17) is 4.74 Å². The van der Waals surface area contributed by atoms with Gasteiger partial charge < -0.3 is 9.64 Å². The number of nitrogens with zero attached hydrogens (tertiary/aromatic N) is 3. The number of methoxy groups -OCH3 is 1. The zero-order chi connectivity index (χ0) is 14.5. The molecular weight excluding hydrogens is 250 g/mol. The Hall–Kier alpha value is -1.57. The summed E-state index contributed by atoms with van der Waals surface area (Å²) in [5, 5.41) is 9.59. The van der Waals surface area contributed by atoms with E-state index in [1.165, 1.54) is 0 Å². The number of hydrogen-bond acceptors (Lipinski definition) is 4. The predicted octanol–water partition coefficient (Wildman–Crippen LogP) is 2.29. The number of benzene rings is 1. The second-order valence-electron chi connectivity index (χ2n) is 5.47. The Labute approximate surface area is 121 Å². The summed E-state index contributed by atoms with van der Waals surface area (Å²) in [7, 11) is 5.86. The zero-order valence-electron chi connectivity index (χ0n) is 12.5. The number of para-hydroxylation sites is 1. The molecule has 1 aliphatic heterocycles. The summed E-state index contributed by atoms with van der Waals surface area (Å²) in [6.07, 6.45) is 2.22. The minimum Gasteiger partial charge on any atom is -0.496 e. The maximum absolute atomic E-state index is 9.59. The van der Waals surface area contributed by atoms with Crippen molar-refractivity contribution in [2.24, 2.45) is 0 Å². The van der Waals surface area contributed by atoms with Crippen LogP contribution in [0.1, 0.15) is 24.4 Å². The molecule has 1 unspecified atom stereocenters. The second-order valence-corrected chi connectivity index (χ2v) is 5.47. The maximum Gasteiger partial charge on any atom is 0.127 e. The van der Waals surface area contributed by atoms with Crippen LogP contribution < -0.4 is 4.74 Å². The first-order valence-electron chi connectivity index (χ1n) is 7.10. The molecule has 0 N–H and O–H groups in total. The minimum absolute atomic E-state index is 0.250. The lowest BCUT2D eigenvalue weighted by molar-refractivity contribution is 0.125. The summed E-state index contributed by atoms with van der Waals surface area (Å²) in [5.41, 5.74) is 0.957. The van der Waals surface area contributed by atoms with E-state index < -0.39 is 0 Å². The molecule has 0 bridgehead atoms. The molecule has 108 valence electrons. The van der Waals surface area contributed by atoms with Gasteiger partial charge in [-0.15, -0.1) is 0 Å². The third kappa shape index (κ3) is 3.12. The predicted molar refractivity (Wildman–Crippen MR) is 79.6 cm³/mol. The molecule has 1 fully saturated rings. The van der Waals surface area contributed by atoms with Crippen molar-refractivity contribution in [3.05, 3.63) is 29.8 Å². The zero-order valence-corrected chi connectivity index (χ0v) is 12.5. The summed E-state index contributed by atoms with van der Waals surface area (Å²) in [5.74, 6) is 0.791. The van der Waals surface area contributed by atoms with E-state index in [1.807, 2.05) is 24.3 Å². The van der Waals surface area contributed by atoms with Crippen LogP contribution in [0, 0.1) is 11.3 Å². The van der Waals surface area contributed by atoms with Crippen molar-refractivity contribution in [2.75, 3.05) is 34.3 Å². The molecule has 4 heteroatoms. The van der Waals surface area contributed by atoms with E-state index >= 15 is 0 Å². The first-order valence-corrected chi connectivity index (χ1v) is 7.10. The van der Waals surface area contributed by atoms with Crippen LogP contribution in [0.25, 0.3) is 0 Å². The molecule has 1 saturated heterocycles. The topological polar surface area (TPSA) is 39.5 Å². The number of nitriles is 1. The van der Waals surface area contributed by atoms with Crippen LogP contribution in [-0.2, 0) is 0 Å². The lowest BCUT2D eigenvalue weighted by Gasteiger charge is -2.37. The second kappa shape index (κ2) is 6.74. The molecule has 0 saturated carbocycles. The van der Waals surface area contributed by atoms with Gasteiger partial charge in [0.15, 0.2) is 0 Å². The largest absolute Gasteiger partial charge is 0.496 e. The standard InChI is InChI=1S/C16H23N3O/c1-18-10-8-13(9-11-18)19(2)15(12-17)14-6-4-5-7-16(14)20-3/h4-7,13,15H,8-11H2,1-3H3. The SMILES string of the molecule is COc1ccccc1C(C#N)N(C)C1CCN(C)CC1. The fourth-order valence-electron chi connectivity index (χ4n) is 2.89. The monoisotopic (exact) mass is 273 g/mol. The highest BCUT2D eigenvalue weighted by Crippen LogP contribution is 2.31. The summed E-state index contributed by atoms with van der Waals surface area (Å²) in [6, 6.07) is 10.4. The van der Waals surface area contributed by atoms with E-state index in [1.54, 1.807) is 7.11 Å². The van der Waals surface area contributed by atoms with Gasteiger partial charge in [-0.25, -0.2) is 0 Å². The summed E-state index contributed by atoms with van der Waals surface area (Å²) in [4.78, 5) is 4.54. The van der Waals surface area contributed by atoms with Gasteiger partial charge in [-0.3, -0.25) is 4.90 Å². The van der Waals surface area contributed by atoms with Gasteiger partial charge in [0.2, 0.25) is 0 Å². The molecule has 1 atom stereocenters. The van der Waals surface area contributed by atoms with Crippen molar-refractivity contribution in [1.82, 2.24) is 9.80 Å². The summed E-state index contributed by atoms with van der Waals surface area (Å²) < 4.78 is 5.40. The number of ether oxygens (including phenoxy) is 1. The van der Waals surface area contributed by atoms with Crippen molar-refractivity contribution in [1.29, 1.82) is 5.26 Å². The van der Waals surface area contributed by atoms with Gasteiger partial charge in [-0.05, 0) is 46.1 Å². The summed E-state index contributed by atoms with van der Waals surface area (Å²) >= 11 is 0. The van der Waals surface area contributed by atoms with Gasteiger partial charge in [0.25, 0.3) is 0 Å². The normalized spacial score (nSPS) is 18.8. The maximum atomic E-state index is 9.59. The van der Waals surface area contributed by atoms with Crippen LogP contribution in [0.3, 0.4) is 0 Å². The lowest BCUT2D eigenvalue weighted by atomic mass is 9.99. The molecule has 1 aromatic carbocycles. The number of rotatable bonds is 4. The van der Waals surface area contributed by atoms with E-state index in [-0.39, 0.29) is 6.04 Å². The van der Waals surface area contributed by atoms with Crippen molar-refractivity contribution in [2.45, 2.75) is 24.9 Å². The molecule has 0 amide bonds. The van der Waals surface area contributed by atoms with Crippen LogP contribution in [-0.4, -0.2) is 50.1 Å². The van der Waals surface area contributed by atoms with Crippen LogP contribution in [0.4, 0.5) is 0 Å². The Kier molecular flexibility index (Phi) is 4.99. The molecule has 0 radical (unpaired) electrons. The molecule has 4 nitrogen and oxygen atoms in total. The van der Waals surface area contributed by atoms with Gasteiger partial charge in [0, 0.05) is 11.6 Å². The number of piperidine rings is 1. The fraction of sp³-hybridized carbons (Fsp3) is 0.562. The molecule has 20 heavy (non-hydrogen) atoms. The Bertz CT molecular complexity index is 475. The first kappa shape index (κ1) is 14.8. The third-order valence-corrected chi connectivity index (χ3v) is 4.23. The smallest absolute Gasteiger partial charge is 0.127 e. The molecule has 1 aliphatic rings. The number of hydrogen-bond donors (Lipinski definition) is 0. The van der Waals surface area contributed by atoms with Crippen molar-refractivity contribution in [3.8, 4) is 11.8 Å². The van der Waals surface area contributed by atoms with E-state index in [9.17, 15) is 5.26 Å². The highest BCUT2D eigenvalue weighted by Gasteiger charge is 2.28. The molecule has 0 aromatic heterocycles. The van der Waals surface area contributed by atoms with E-state index in [0.29, 0.717) is 6.04 Å². The van der Waals surface area contributed by atoms with Gasteiger partial charge >= 0.3 is 0 Å². The fourth-order valence-corrected chi connectivity index (χ4v) is 2.89. The van der Waals surface area contributed by atoms with Gasteiger partial charge in [-0.1, -0.05) is 18.2 Å². The Morgan fingerprint density at radius 3 is 2.60 bits per heavy atom. The van der Waals surface area contributed by atoms with Crippen LogP contribution in [0.2, 0.25) is 0 Å². The van der Waals surface area contributed by atoms with Crippen LogP contribution in [0.15, 0.2) is 24.3 Å². The molecule has 0 aliphatic carbocycles. The minimum atomic E-state index is -0.250. The average molecular weight is 273 g/mol. The average Bonchev–Trinajstić information content (AvgIpc) is 2.49. The Balaban J connectivity index is 2.17. The quantitative estimate of drug-likeness (QED) is 0.844. The van der Waals surface area contributed by atoms with Gasteiger partial charge in [-0.2, -0.15) is 5.26 Å². The van der Waals surface area contributed by atoms with Crippen molar-refractivity contribution >= 4 is 0 Å². The highest BCUT2D eigenvalue weighted by atomic mass is 16.5. The van der Waals surface area contributed by atoms with Crippen molar-refractivity contribution < 1.29 is 4.74 Å². The Morgan fingerprint density at radius 1 is 1.35 bits per heavy atom.